The fourth-order valence-corrected chi connectivity index (χ4v) is 5.03. The van der Waals surface area contributed by atoms with Gasteiger partial charge in [0.1, 0.15) is 9.71 Å². The third-order valence-corrected chi connectivity index (χ3v) is 6.79. The lowest BCUT2D eigenvalue weighted by atomic mass is 10.1. The first-order valence-electron chi connectivity index (χ1n) is 10.5. The van der Waals surface area contributed by atoms with Crippen molar-refractivity contribution in [3.05, 3.63) is 47.0 Å². The minimum Gasteiger partial charge on any atom is -0.465 e. The summed E-state index contributed by atoms with van der Waals surface area (Å²) in [4.78, 5) is 36.0. The zero-order chi connectivity index (χ0) is 22.8. The Hall–Kier alpha value is -3.33. The van der Waals surface area contributed by atoms with E-state index >= 15 is 0 Å². The van der Waals surface area contributed by atoms with Crippen LogP contribution in [0.15, 0.2) is 36.5 Å². The Bertz CT molecular complexity index is 1140. The normalized spacial score (nSPS) is 14.3. The Morgan fingerprint density at radius 3 is 2.44 bits per heavy atom. The monoisotopic (exact) mass is 453 g/mol. The van der Waals surface area contributed by atoms with Gasteiger partial charge in [-0.2, -0.15) is 0 Å². The van der Waals surface area contributed by atoms with Crippen LogP contribution in [0.25, 0.3) is 10.2 Å². The molecule has 0 bridgehead atoms. The van der Waals surface area contributed by atoms with Gasteiger partial charge >= 0.3 is 5.97 Å². The maximum absolute atomic E-state index is 12.1. The molecule has 1 aliphatic heterocycles. The van der Waals surface area contributed by atoms with Crippen molar-refractivity contribution in [3.63, 3.8) is 0 Å². The largest absolute Gasteiger partial charge is 0.465 e. The topological polar surface area (TPSA) is 92.0 Å². The Labute approximate surface area is 191 Å². The standard InChI is InChI=1S/C23H27N5O3S/c1-26(2)22(29)15-5-7-16(8-6-15)27-11-4-12-28(14-13-27)17-9-10-25-21-18(17)19(24)20(32-21)23(30)31-3/h5-10H,4,11-14,24H2,1-3H3. The Morgan fingerprint density at radius 1 is 1.06 bits per heavy atom. The molecule has 2 N–H and O–H groups in total. The highest BCUT2D eigenvalue weighted by Crippen LogP contribution is 2.39. The van der Waals surface area contributed by atoms with Gasteiger partial charge in [0.15, 0.2) is 0 Å². The molecule has 32 heavy (non-hydrogen) atoms. The van der Waals surface area contributed by atoms with Gasteiger partial charge in [-0.15, -0.1) is 11.3 Å². The second kappa shape index (κ2) is 9.04. The van der Waals surface area contributed by atoms with Crippen LogP contribution >= 0.6 is 11.3 Å². The Kier molecular flexibility index (Phi) is 6.18. The van der Waals surface area contributed by atoms with E-state index in [1.165, 1.54) is 18.4 Å². The summed E-state index contributed by atoms with van der Waals surface area (Å²) in [6.07, 6.45) is 2.73. The van der Waals surface area contributed by atoms with Crippen LogP contribution in [0.5, 0.6) is 0 Å². The summed E-state index contributed by atoms with van der Waals surface area (Å²) in [6.45, 7) is 3.42. The van der Waals surface area contributed by atoms with Gasteiger partial charge < -0.3 is 25.2 Å². The van der Waals surface area contributed by atoms with E-state index in [9.17, 15) is 9.59 Å². The lowest BCUT2D eigenvalue weighted by Gasteiger charge is -2.25. The van der Waals surface area contributed by atoms with Gasteiger partial charge in [-0.25, -0.2) is 9.78 Å². The van der Waals surface area contributed by atoms with Crippen LogP contribution in [0.3, 0.4) is 0 Å². The predicted octanol–water partition coefficient (Wildman–Crippen LogP) is 3.08. The number of fused-ring (bicyclic) bond motifs is 1. The average molecular weight is 454 g/mol. The van der Waals surface area contributed by atoms with Crippen LogP contribution in [0.1, 0.15) is 26.5 Å². The molecule has 3 heterocycles. The lowest BCUT2D eigenvalue weighted by molar-refractivity contribution is 0.0607. The highest BCUT2D eigenvalue weighted by atomic mass is 32.1. The third-order valence-electron chi connectivity index (χ3n) is 5.70. The van der Waals surface area contributed by atoms with E-state index < -0.39 is 5.97 Å². The van der Waals surface area contributed by atoms with Crippen molar-refractivity contribution in [2.24, 2.45) is 0 Å². The van der Waals surface area contributed by atoms with Gasteiger partial charge in [0.25, 0.3) is 5.91 Å². The minimum absolute atomic E-state index is 0.0000266. The molecule has 0 saturated carbocycles. The zero-order valence-electron chi connectivity index (χ0n) is 18.5. The Balaban J connectivity index is 1.55. The number of pyridine rings is 1. The van der Waals surface area contributed by atoms with E-state index in [0.717, 1.165) is 54.2 Å². The number of methoxy groups -OCH3 is 1. The number of nitrogens with zero attached hydrogens (tertiary/aromatic N) is 4. The van der Waals surface area contributed by atoms with Crippen LogP contribution in [-0.4, -0.2) is 69.1 Å². The summed E-state index contributed by atoms with van der Waals surface area (Å²) < 4.78 is 4.87. The first-order valence-corrected chi connectivity index (χ1v) is 11.3. The number of carbonyl (C=O) groups excluding carboxylic acids is 2. The van der Waals surface area contributed by atoms with Crippen molar-refractivity contribution in [1.29, 1.82) is 0 Å². The highest BCUT2D eigenvalue weighted by molar-refractivity contribution is 7.21. The van der Waals surface area contributed by atoms with Gasteiger partial charge in [-0.05, 0) is 36.8 Å². The van der Waals surface area contributed by atoms with E-state index in [1.807, 2.05) is 30.3 Å². The second-order valence-electron chi connectivity index (χ2n) is 7.92. The van der Waals surface area contributed by atoms with Gasteiger partial charge in [0.2, 0.25) is 0 Å². The molecule has 3 aromatic rings. The van der Waals surface area contributed by atoms with E-state index in [-0.39, 0.29) is 5.91 Å². The second-order valence-corrected chi connectivity index (χ2v) is 8.92. The van der Waals surface area contributed by atoms with Crippen molar-refractivity contribution in [2.45, 2.75) is 6.42 Å². The predicted molar refractivity (Wildman–Crippen MR) is 129 cm³/mol. The molecule has 0 aliphatic carbocycles. The number of nitrogens with two attached hydrogens (primary N) is 1. The number of hydrogen-bond donors (Lipinski definition) is 1. The van der Waals surface area contributed by atoms with Crippen molar-refractivity contribution >= 4 is 50.5 Å². The van der Waals surface area contributed by atoms with E-state index in [2.05, 4.69) is 14.8 Å². The lowest BCUT2D eigenvalue weighted by Crippen LogP contribution is -2.31. The molecule has 0 spiro atoms. The van der Waals surface area contributed by atoms with Gasteiger partial charge in [-0.1, -0.05) is 0 Å². The summed E-state index contributed by atoms with van der Waals surface area (Å²) >= 11 is 1.26. The molecule has 1 saturated heterocycles. The summed E-state index contributed by atoms with van der Waals surface area (Å²) in [5.74, 6) is -0.436. The molecule has 1 aromatic carbocycles. The van der Waals surface area contributed by atoms with Gasteiger partial charge in [-0.3, -0.25) is 4.79 Å². The minimum atomic E-state index is -0.435. The molecule has 9 heteroatoms. The third kappa shape index (κ3) is 4.08. The van der Waals surface area contributed by atoms with Crippen LogP contribution in [0, 0.1) is 0 Å². The number of nitrogen functional groups attached to an aromatic ring is 1. The average Bonchev–Trinajstić information content (AvgIpc) is 2.98. The summed E-state index contributed by atoms with van der Waals surface area (Å²) in [5, 5.41) is 0.818. The number of aromatic nitrogens is 1. The van der Waals surface area contributed by atoms with Crippen LogP contribution in [0.4, 0.5) is 17.1 Å². The molecule has 0 unspecified atom stereocenters. The van der Waals surface area contributed by atoms with Crippen molar-refractivity contribution in [2.75, 3.05) is 62.9 Å². The molecular formula is C23H27N5O3S. The molecule has 0 atom stereocenters. The van der Waals surface area contributed by atoms with E-state index in [1.54, 1.807) is 25.2 Å². The molecule has 1 amide bonds. The molecule has 8 nitrogen and oxygen atoms in total. The summed E-state index contributed by atoms with van der Waals surface area (Å²) in [7, 11) is 4.86. The van der Waals surface area contributed by atoms with E-state index in [4.69, 9.17) is 10.5 Å². The number of amides is 1. The first kappa shape index (κ1) is 21.9. The summed E-state index contributed by atoms with van der Waals surface area (Å²) in [5.41, 5.74) is 9.55. The zero-order valence-corrected chi connectivity index (χ0v) is 19.3. The number of ether oxygens (including phenoxy) is 1. The fourth-order valence-electron chi connectivity index (χ4n) is 4.03. The maximum Gasteiger partial charge on any atom is 0.350 e. The molecular weight excluding hydrogens is 426 g/mol. The number of carbonyl (C=O) groups is 2. The maximum atomic E-state index is 12.1. The molecule has 168 valence electrons. The van der Waals surface area contributed by atoms with Crippen LogP contribution in [0.2, 0.25) is 0 Å². The number of thiophene rings is 1. The highest BCUT2D eigenvalue weighted by Gasteiger charge is 2.23. The molecule has 4 rings (SSSR count). The molecule has 1 aliphatic rings. The number of hydrogen-bond acceptors (Lipinski definition) is 8. The number of rotatable bonds is 4. The summed E-state index contributed by atoms with van der Waals surface area (Å²) in [6, 6.07) is 9.75. The fraction of sp³-hybridized carbons (Fsp3) is 0.348. The SMILES string of the molecule is COC(=O)c1sc2nccc(N3CCCN(c4ccc(C(=O)N(C)C)cc4)CC3)c2c1N. The Morgan fingerprint density at radius 2 is 1.75 bits per heavy atom. The number of benzene rings is 1. The van der Waals surface area contributed by atoms with Crippen LogP contribution < -0.4 is 15.5 Å². The van der Waals surface area contributed by atoms with Gasteiger partial charge in [0, 0.05) is 57.7 Å². The molecule has 2 aromatic heterocycles. The number of esters is 1. The molecule has 1 fully saturated rings. The quantitative estimate of drug-likeness (QED) is 0.607. The van der Waals surface area contributed by atoms with Crippen molar-refractivity contribution in [1.82, 2.24) is 9.88 Å². The smallest absolute Gasteiger partial charge is 0.350 e. The number of anilines is 3. The first-order chi connectivity index (χ1) is 15.4. The molecule has 0 radical (unpaired) electrons. The van der Waals surface area contributed by atoms with Crippen molar-refractivity contribution in [3.8, 4) is 0 Å². The van der Waals surface area contributed by atoms with Crippen molar-refractivity contribution < 1.29 is 14.3 Å². The van der Waals surface area contributed by atoms with E-state index in [0.29, 0.717) is 16.1 Å². The van der Waals surface area contributed by atoms with Crippen LogP contribution in [-0.2, 0) is 4.74 Å². The van der Waals surface area contributed by atoms with Gasteiger partial charge in [0.05, 0.1) is 23.9 Å².